The maximum absolute atomic E-state index is 13.7. The van der Waals surface area contributed by atoms with Crippen molar-refractivity contribution in [2.24, 2.45) is 17.6 Å². The van der Waals surface area contributed by atoms with E-state index < -0.39 is 11.8 Å². The van der Waals surface area contributed by atoms with Crippen molar-refractivity contribution in [3.63, 3.8) is 0 Å². The average Bonchev–Trinajstić information content (AvgIpc) is 2.86. The first kappa shape index (κ1) is 20.1. The Morgan fingerprint density at radius 1 is 0.529 bits per heavy atom. The summed E-state index contributed by atoms with van der Waals surface area (Å²) in [6, 6.07) is 16.5. The fourth-order valence-electron chi connectivity index (χ4n) is 5.35. The number of benzene rings is 3. The summed E-state index contributed by atoms with van der Waals surface area (Å²) >= 11 is 0. The fraction of sp³-hybridized carbons (Fsp3) is 0.0714. The summed E-state index contributed by atoms with van der Waals surface area (Å²) in [7, 11) is 0. The molecule has 3 aliphatic carbocycles. The molecule has 2 unspecified atom stereocenters. The van der Waals surface area contributed by atoms with Gasteiger partial charge in [0.1, 0.15) is 0 Å². The number of anilines is 1. The minimum atomic E-state index is -0.903. The van der Waals surface area contributed by atoms with Gasteiger partial charge in [-0.1, -0.05) is 60.7 Å². The maximum atomic E-state index is 13.7. The van der Waals surface area contributed by atoms with E-state index in [1.165, 1.54) is 0 Å². The van der Waals surface area contributed by atoms with Crippen LogP contribution in [-0.4, -0.2) is 23.1 Å². The van der Waals surface area contributed by atoms with Crippen LogP contribution in [0.15, 0.2) is 78.5 Å². The van der Waals surface area contributed by atoms with E-state index in [9.17, 15) is 19.2 Å². The SMILES string of the molecule is NC1=CC=C(c2ccc(N)c3c2C(=O)c2ccccc2C3=O)C2C(=O)c3ccccc3C(=O)C12. The molecule has 6 heteroatoms. The molecular formula is C28H18N2O4. The van der Waals surface area contributed by atoms with E-state index in [0.717, 1.165) is 0 Å². The zero-order chi connectivity index (χ0) is 23.7. The lowest BCUT2D eigenvalue weighted by Crippen LogP contribution is -2.41. The molecule has 0 fully saturated rings. The molecular weight excluding hydrogens is 428 g/mol. The number of hydrogen-bond acceptors (Lipinski definition) is 6. The van der Waals surface area contributed by atoms with Gasteiger partial charge in [0.25, 0.3) is 0 Å². The molecule has 0 bridgehead atoms. The largest absolute Gasteiger partial charge is 0.401 e. The third-order valence-electron chi connectivity index (χ3n) is 6.92. The first-order valence-corrected chi connectivity index (χ1v) is 10.9. The Morgan fingerprint density at radius 2 is 1.06 bits per heavy atom. The van der Waals surface area contributed by atoms with Crippen molar-refractivity contribution < 1.29 is 19.2 Å². The molecule has 6 nitrogen and oxygen atoms in total. The number of allylic oxidation sites excluding steroid dienone is 4. The van der Waals surface area contributed by atoms with Crippen LogP contribution >= 0.6 is 0 Å². The lowest BCUT2D eigenvalue weighted by molar-refractivity contribution is 0.0799. The predicted octanol–water partition coefficient (Wildman–Crippen LogP) is 3.60. The molecule has 0 radical (unpaired) electrons. The number of carbonyl (C=O) groups is 4. The molecule has 0 aromatic heterocycles. The molecule has 3 aromatic rings. The number of nitrogens with two attached hydrogens (primary N) is 2. The van der Waals surface area contributed by atoms with Gasteiger partial charge >= 0.3 is 0 Å². The van der Waals surface area contributed by atoms with E-state index in [1.807, 2.05) is 0 Å². The molecule has 6 rings (SSSR count). The highest BCUT2D eigenvalue weighted by Gasteiger charge is 2.47. The number of ketones is 4. The summed E-state index contributed by atoms with van der Waals surface area (Å²) < 4.78 is 0. The van der Waals surface area contributed by atoms with E-state index in [1.54, 1.807) is 72.8 Å². The van der Waals surface area contributed by atoms with Crippen LogP contribution in [0, 0.1) is 11.8 Å². The third kappa shape index (κ3) is 2.50. The Balaban J connectivity index is 1.60. The van der Waals surface area contributed by atoms with Gasteiger partial charge in [-0.2, -0.15) is 0 Å². The summed E-state index contributed by atoms with van der Waals surface area (Å²) in [4.78, 5) is 53.9. The number of nitrogen functional groups attached to an aromatic ring is 1. The van der Waals surface area contributed by atoms with Gasteiger partial charge in [0.15, 0.2) is 23.1 Å². The van der Waals surface area contributed by atoms with Crippen LogP contribution in [0.1, 0.15) is 58.1 Å². The van der Waals surface area contributed by atoms with Gasteiger partial charge in [0.2, 0.25) is 0 Å². The highest BCUT2D eigenvalue weighted by atomic mass is 16.1. The van der Waals surface area contributed by atoms with E-state index in [4.69, 9.17) is 11.5 Å². The highest BCUT2D eigenvalue weighted by Crippen LogP contribution is 2.46. The Bertz CT molecular complexity index is 1560. The molecule has 0 spiro atoms. The first-order valence-electron chi connectivity index (χ1n) is 10.9. The zero-order valence-electron chi connectivity index (χ0n) is 17.9. The fourth-order valence-corrected chi connectivity index (χ4v) is 5.35. The normalized spacial score (nSPS) is 20.6. The lowest BCUT2D eigenvalue weighted by atomic mass is 9.65. The quantitative estimate of drug-likeness (QED) is 0.431. The minimum absolute atomic E-state index is 0.121. The average molecular weight is 446 g/mol. The second-order valence-corrected chi connectivity index (χ2v) is 8.67. The van der Waals surface area contributed by atoms with Crippen LogP contribution < -0.4 is 11.5 Å². The lowest BCUT2D eigenvalue weighted by Gasteiger charge is -2.36. The molecule has 0 aliphatic heterocycles. The van der Waals surface area contributed by atoms with Crippen LogP contribution in [0.2, 0.25) is 0 Å². The van der Waals surface area contributed by atoms with E-state index in [-0.39, 0.29) is 45.5 Å². The van der Waals surface area contributed by atoms with Crippen LogP contribution in [0.5, 0.6) is 0 Å². The van der Waals surface area contributed by atoms with Crippen molar-refractivity contribution >= 4 is 34.4 Å². The maximum Gasteiger partial charge on any atom is 0.196 e. The van der Waals surface area contributed by atoms with Crippen LogP contribution in [-0.2, 0) is 0 Å². The predicted molar refractivity (Wildman–Crippen MR) is 126 cm³/mol. The Morgan fingerprint density at radius 3 is 1.68 bits per heavy atom. The van der Waals surface area contributed by atoms with Crippen molar-refractivity contribution in [1.82, 2.24) is 0 Å². The first-order chi connectivity index (χ1) is 16.4. The van der Waals surface area contributed by atoms with E-state index in [0.29, 0.717) is 33.5 Å². The molecule has 34 heavy (non-hydrogen) atoms. The molecule has 2 atom stereocenters. The number of hydrogen-bond donors (Lipinski definition) is 2. The second kappa shape index (κ2) is 6.96. The number of rotatable bonds is 1. The van der Waals surface area contributed by atoms with E-state index >= 15 is 0 Å². The molecule has 0 saturated heterocycles. The number of Topliss-reactive ketones (excluding diaryl/α,β-unsaturated/α-hetero) is 2. The van der Waals surface area contributed by atoms with Crippen molar-refractivity contribution in [2.45, 2.75) is 0 Å². The van der Waals surface area contributed by atoms with Gasteiger partial charge in [-0.25, -0.2) is 0 Å². The standard InChI is InChI=1S/C28H18N2O4/c29-19-11-9-13(21-23(19)27(33)17-7-3-1-5-15(17)25(21)31)14-10-12-20(30)24-22(14)26(32)16-6-2-4-8-18(16)28(24)34/h1-12,21,23H,29-30H2. The van der Waals surface area contributed by atoms with Gasteiger partial charge in [-0.15, -0.1) is 0 Å². The van der Waals surface area contributed by atoms with Gasteiger partial charge in [0, 0.05) is 39.2 Å². The van der Waals surface area contributed by atoms with Crippen LogP contribution in [0.3, 0.4) is 0 Å². The van der Waals surface area contributed by atoms with Gasteiger partial charge in [0.05, 0.1) is 17.4 Å². The summed E-state index contributed by atoms with van der Waals surface area (Å²) in [6.45, 7) is 0. The summed E-state index contributed by atoms with van der Waals surface area (Å²) in [5.74, 6) is -2.96. The molecule has 4 N–H and O–H groups in total. The Kier molecular flexibility index (Phi) is 4.10. The monoisotopic (exact) mass is 446 g/mol. The van der Waals surface area contributed by atoms with Crippen molar-refractivity contribution in [2.75, 3.05) is 5.73 Å². The van der Waals surface area contributed by atoms with Crippen molar-refractivity contribution in [1.29, 1.82) is 0 Å². The minimum Gasteiger partial charge on any atom is -0.401 e. The van der Waals surface area contributed by atoms with Gasteiger partial charge in [-0.05, 0) is 23.3 Å². The summed E-state index contributed by atoms with van der Waals surface area (Å²) in [5, 5.41) is 0. The smallest absolute Gasteiger partial charge is 0.196 e. The van der Waals surface area contributed by atoms with Crippen LogP contribution in [0.25, 0.3) is 5.57 Å². The topological polar surface area (TPSA) is 120 Å². The Labute approximate surface area is 194 Å². The van der Waals surface area contributed by atoms with E-state index in [2.05, 4.69) is 0 Å². The van der Waals surface area contributed by atoms with Gasteiger partial charge < -0.3 is 11.5 Å². The third-order valence-corrected chi connectivity index (χ3v) is 6.92. The number of fused-ring (bicyclic) bond motifs is 4. The molecule has 0 amide bonds. The number of carbonyl (C=O) groups excluding carboxylic acids is 4. The molecule has 3 aromatic carbocycles. The molecule has 164 valence electrons. The van der Waals surface area contributed by atoms with Crippen molar-refractivity contribution in [3.8, 4) is 0 Å². The van der Waals surface area contributed by atoms with Gasteiger partial charge in [-0.3, -0.25) is 19.2 Å². The summed E-state index contributed by atoms with van der Waals surface area (Å²) in [5.41, 5.74) is 15.3. The molecule has 0 saturated carbocycles. The van der Waals surface area contributed by atoms with Crippen LogP contribution in [0.4, 0.5) is 5.69 Å². The highest BCUT2D eigenvalue weighted by molar-refractivity contribution is 6.32. The second-order valence-electron chi connectivity index (χ2n) is 8.67. The summed E-state index contributed by atoms with van der Waals surface area (Å²) in [6.07, 6.45) is 3.26. The molecule has 3 aliphatic rings. The molecule has 0 heterocycles. The van der Waals surface area contributed by atoms with Crippen molar-refractivity contribution in [3.05, 3.63) is 117 Å². The Hall–Kier alpha value is -4.58. The zero-order valence-corrected chi connectivity index (χ0v) is 17.9.